The van der Waals surface area contributed by atoms with Gasteiger partial charge in [-0.1, -0.05) is 0 Å². The fraction of sp³-hybridized carbons (Fsp3) is 0.611. The molecule has 0 aliphatic carbocycles. The molecule has 138 valence electrons. The third-order valence-electron chi connectivity index (χ3n) is 4.60. The average molecular weight is 351 g/mol. The Balaban J connectivity index is 1.64. The predicted octanol–water partition coefficient (Wildman–Crippen LogP) is 2.38. The number of nitrogens with zero attached hydrogens (tertiary/aromatic N) is 2. The van der Waals surface area contributed by atoms with Gasteiger partial charge in [0.05, 0.1) is 36.7 Å². The maximum atomic E-state index is 13.7. The molecule has 6 nitrogen and oxygen atoms in total. The Morgan fingerprint density at radius 1 is 1.44 bits per heavy atom. The lowest BCUT2D eigenvalue weighted by Crippen LogP contribution is -2.46. The molecule has 0 bridgehead atoms. The molecule has 0 radical (unpaired) electrons. The van der Waals surface area contributed by atoms with E-state index in [0.29, 0.717) is 25.4 Å². The van der Waals surface area contributed by atoms with E-state index in [9.17, 15) is 9.18 Å². The lowest BCUT2D eigenvalue weighted by atomic mass is 10.2. The van der Waals surface area contributed by atoms with Gasteiger partial charge in [-0.25, -0.2) is 9.18 Å². The summed E-state index contributed by atoms with van der Waals surface area (Å²) in [7, 11) is 1.96. The molecule has 1 N–H and O–H groups in total. The molecule has 2 atom stereocenters. The van der Waals surface area contributed by atoms with Gasteiger partial charge in [-0.2, -0.15) is 0 Å². The molecular formula is C18H26FN3O3. The number of benzene rings is 1. The van der Waals surface area contributed by atoms with Crippen LogP contribution in [0.25, 0.3) is 0 Å². The number of ether oxygens (including phenoxy) is 2. The van der Waals surface area contributed by atoms with Crippen LogP contribution in [0.5, 0.6) is 0 Å². The van der Waals surface area contributed by atoms with Crippen LogP contribution in [0.4, 0.5) is 20.6 Å². The van der Waals surface area contributed by atoms with Crippen LogP contribution >= 0.6 is 0 Å². The maximum absolute atomic E-state index is 13.7. The van der Waals surface area contributed by atoms with Crippen LogP contribution in [-0.2, 0) is 9.47 Å². The summed E-state index contributed by atoms with van der Waals surface area (Å²) in [5.74, 6) is -0.343. The zero-order valence-corrected chi connectivity index (χ0v) is 14.8. The van der Waals surface area contributed by atoms with Crippen molar-refractivity contribution in [3.8, 4) is 0 Å². The van der Waals surface area contributed by atoms with Crippen molar-refractivity contribution in [3.05, 3.63) is 24.0 Å². The number of hydrogen-bond donors (Lipinski definition) is 1. The van der Waals surface area contributed by atoms with E-state index < -0.39 is 0 Å². The number of anilines is 2. The first-order chi connectivity index (χ1) is 12.0. The zero-order chi connectivity index (χ0) is 17.8. The summed E-state index contributed by atoms with van der Waals surface area (Å²) in [6.07, 6.45) is 1.83. The van der Waals surface area contributed by atoms with Gasteiger partial charge in [0.1, 0.15) is 5.82 Å². The number of fused-ring (bicyclic) bond motifs is 1. The molecule has 1 saturated heterocycles. The summed E-state index contributed by atoms with van der Waals surface area (Å²) in [4.78, 5) is 16.4. The number of carbonyl (C=O) groups is 1. The van der Waals surface area contributed by atoms with Gasteiger partial charge in [0.25, 0.3) is 0 Å². The molecule has 0 saturated carbocycles. The van der Waals surface area contributed by atoms with Gasteiger partial charge in [0, 0.05) is 26.7 Å². The lowest BCUT2D eigenvalue weighted by molar-refractivity contribution is 0.0339. The van der Waals surface area contributed by atoms with Gasteiger partial charge in [-0.15, -0.1) is 0 Å². The molecule has 1 fully saturated rings. The van der Waals surface area contributed by atoms with Crippen molar-refractivity contribution >= 4 is 17.4 Å². The number of rotatable bonds is 4. The monoisotopic (exact) mass is 351 g/mol. The van der Waals surface area contributed by atoms with Crippen molar-refractivity contribution in [1.29, 1.82) is 0 Å². The highest BCUT2D eigenvalue weighted by Gasteiger charge is 2.25. The van der Waals surface area contributed by atoms with Crippen LogP contribution < -0.4 is 15.1 Å². The standard InChI is InChI=1S/C18H26FN3O3/c1-13(11-25-15-6-9-24-12-15)20-18(23)22-8-3-7-21(2)16-5-4-14(19)10-17(16)22/h4-5,10,13,15H,3,6-9,11-12H2,1-2H3,(H,20,23)/t13-,15-/m0/s1. The summed E-state index contributed by atoms with van der Waals surface area (Å²) in [6, 6.07) is 4.22. The average Bonchev–Trinajstić information content (AvgIpc) is 3.04. The predicted molar refractivity (Wildman–Crippen MR) is 94.8 cm³/mol. The van der Waals surface area contributed by atoms with Crippen LogP contribution in [0.2, 0.25) is 0 Å². The number of halogens is 1. The SMILES string of the molecule is C[C@@H](CO[C@H]1CCOC1)NC(=O)N1CCCN(C)c2ccc(F)cc21. The van der Waals surface area contributed by atoms with E-state index in [1.165, 1.54) is 12.1 Å². The molecule has 2 aliphatic rings. The van der Waals surface area contributed by atoms with Gasteiger partial charge in [-0.3, -0.25) is 4.90 Å². The van der Waals surface area contributed by atoms with Gasteiger partial charge in [0.2, 0.25) is 0 Å². The molecule has 2 heterocycles. The summed E-state index contributed by atoms with van der Waals surface area (Å²) in [6.45, 7) is 5.06. The maximum Gasteiger partial charge on any atom is 0.322 e. The van der Waals surface area contributed by atoms with Crippen molar-refractivity contribution in [2.24, 2.45) is 0 Å². The topological polar surface area (TPSA) is 54.0 Å². The van der Waals surface area contributed by atoms with Crippen molar-refractivity contribution in [2.45, 2.75) is 31.9 Å². The molecule has 1 aromatic carbocycles. The van der Waals surface area contributed by atoms with E-state index >= 15 is 0 Å². The van der Waals surface area contributed by atoms with Crippen molar-refractivity contribution < 1.29 is 18.7 Å². The second-order valence-electron chi connectivity index (χ2n) is 6.73. The number of carbonyl (C=O) groups excluding carboxylic acids is 1. The Morgan fingerprint density at radius 3 is 3.04 bits per heavy atom. The van der Waals surface area contributed by atoms with Gasteiger partial charge in [-0.05, 0) is 38.0 Å². The third kappa shape index (κ3) is 4.41. The minimum Gasteiger partial charge on any atom is -0.379 e. The minimum absolute atomic E-state index is 0.112. The highest BCUT2D eigenvalue weighted by molar-refractivity contribution is 5.96. The highest BCUT2D eigenvalue weighted by atomic mass is 19.1. The molecule has 25 heavy (non-hydrogen) atoms. The van der Waals surface area contributed by atoms with E-state index in [1.54, 1.807) is 11.0 Å². The van der Waals surface area contributed by atoms with Crippen LogP contribution in [0.1, 0.15) is 19.8 Å². The molecular weight excluding hydrogens is 325 g/mol. The smallest absolute Gasteiger partial charge is 0.322 e. The molecule has 1 aromatic rings. The Labute approximate surface area is 147 Å². The van der Waals surface area contributed by atoms with Crippen LogP contribution in [0, 0.1) is 5.82 Å². The number of nitrogens with one attached hydrogen (secondary N) is 1. The summed E-state index contributed by atoms with van der Waals surface area (Å²) in [5.41, 5.74) is 1.47. The fourth-order valence-corrected chi connectivity index (χ4v) is 3.21. The molecule has 2 amide bonds. The Kier molecular flexibility index (Phi) is 5.75. The quantitative estimate of drug-likeness (QED) is 0.905. The lowest BCUT2D eigenvalue weighted by Gasteiger charge is -2.26. The Bertz CT molecular complexity index is 607. The van der Waals surface area contributed by atoms with Crippen LogP contribution in [0.3, 0.4) is 0 Å². The van der Waals surface area contributed by atoms with E-state index in [0.717, 1.165) is 31.7 Å². The molecule has 7 heteroatoms. The van der Waals surface area contributed by atoms with Crippen LogP contribution in [-0.4, -0.2) is 58.1 Å². The number of hydrogen-bond acceptors (Lipinski definition) is 4. The highest BCUT2D eigenvalue weighted by Crippen LogP contribution is 2.32. The summed E-state index contributed by atoms with van der Waals surface area (Å²) >= 11 is 0. The van der Waals surface area contributed by atoms with Crippen molar-refractivity contribution in [1.82, 2.24) is 5.32 Å². The summed E-state index contributed by atoms with van der Waals surface area (Å²) < 4.78 is 24.8. The second kappa shape index (κ2) is 8.01. The molecule has 0 aromatic heterocycles. The van der Waals surface area contributed by atoms with Crippen LogP contribution in [0.15, 0.2) is 18.2 Å². The van der Waals surface area contributed by atoms with Gasteiger partial charge in [0.15, 0.2) is 0 Å². The molecule has 2 aliphatic heterocycles. The van der Waals surface area contributed by atoms with E-state index in [2.05, 4.69) is 10.2 Å². The van der Waals surface area contributed by atoms with Gasteiger partial charge >= 0.3 is 6.03 Å². The zero-order valence-electron chi connectivity index (χ0n) is 14.8. The number of amides is 2. The number of urea groups is 1. The fourth-order valence-electron chi connectivity index (χ4n) is 3.21. The third-order valence-corrected chi connectivity index (χ3v) is 4.60. The second-order valence-corrected chi connectivity index (χ2v) is 6.73. The first-order valence-corrected chi connectivity index (χ1v) is 8.82. The minimum atomic E-state index is -0.343. The van der Waals surface area contributed by atoms with Crippen molar-refractivity contribution in [2.75, 3.05) is 49.8 Å². The normalized spacial score (nSPS) is 21.6. The summed E-state index contributed by atoms with van der Waals surface area (Å²) in [5, 5.41) is 2.96. The van der Waals surface area contributed by atoms with E-state index in [1.807, 2.05) is 14.0 Å². The van der Waals surface area contributed by atoms with E-state index in [-0.39, 0.29) is 24.0 Å². The molecule has 3 rings (SSSR count). The molecule has 0 spiro atoms. The first-order valence-electron chi connectivity index (χ1n) is 8.82. The molecule has 0 unspecified atom stereocenters. The largest absolute Gasteiger partial charge is 0.379 e. The first kappa shape index (κ1) is 17.9. The van der Waals surface area contributed by atoms with E-state index in [4.69, 9.17) is 9.47 Å². The van der Waals surface area contributed by atoms with Gasteiger partial charge < -0.3 is 19.7 Å². The Hall–Kier alpha value is -1.86. The van der Waals surface area contributed by atoms with Crippen molar-refractivity contribution in [3.63, 3.8) is 0 Å². The Morgan fingerprint density at radius 2 is 2.28 bits per heavy atom.